The maximum atomic E-state index is 12.8. The Morgan fingerprint density at radius 3 is 2.44 bits per heavy atom. The molecule has 1 N–H and O–H groups in total. The Labute approximate surface area is 185 Å². The Bertz CT molecular complexity index is 1300. The van der Waals surface area contributed by atoms with Crippen molar-refractivity contribution in [3.8, 4) is 11.4 Å². The molecule has 0 aliphatic rings. The summed E-state index contributed by atoms with van der Waals surface area (Å²) in [6.45, 7) is 6.00. The lowest BCUT2D eigenvalue weighted by molar-refractivity contribution is 0.0589. The molecule has 0 radical (unpaired) electrons. The van der Waals surface area contributed by atoms with Gasteiger partial charge in [-0.2, -0.15) is 0 Å². The van der Waals surface area contributed by atoms with Gasteiger partial charge in [-0.15, -0.1) is 0 Å². The smallest absolute Gasteiger partial charge is 0.414 e. The molecule has 4 rings (SSSR count). The van der Waals surface area contributed by atoms with Crippen LogP contribution < -0.4 is 10.5 Å². The Morgan fingerprint density at radius 1 is 1.09 bits per heavy atom. The predicted octanol–water partition coefficient (Wildman–Crippen LogP) is 4.21. The number of hydrogen-bond acceptors (Lipinski definition) is 5. The Hall–Kier alpha value is -3.94. The highest BCUT2D eigenvalue weighted by Gasteiger charge is 2.20. The fourth-order valence-corrected chi connectivity index (χ4v) is 3.30. The summed E-state index contributed by atoms with van der Waals surface area (Å²) in [6, 6.07) is 17.0. The molecule has 0 saturated heterocycles. The first kappa shape index (κ1) is 21.3. The number of carbonyl (C=O) groups excluding carboxylic acids is 1. The van der Waals surface area contributed by atoms with E-state index in [0.717, 1.165) is 5.56 Å². The Morgan fingerprint density at radius 2 is 1.78 bits per heavy atom. The van der Waals surface area contributed by atoms with Gasteiger partial charge < -0.3 is 14.3 Å². The molecule has 4 aromatic rings. The van der Waals surface area contributed by atoms with Crippen molar-refractivity contribution in [1.29, 1.82) is 0 Å². The quantitative estimate of drug-likeness (QED) is 0.523. The van der Waals surface area contributed by atoms with Crippen LogP contribution in [0, 0.1) is 0 Å². The Balaban J connectivity index is 1.59. The number of H-pyrrole nitrogens is 1. The summed E-state index contributed by atoms with van der Waals surface area (Å²) in [5, 5.41) is 0. The van der Waals surface area contributed by atoms with Crippen molar-refractivity contribution in [3.05, 3.63) is 76.8 Å². The van der Waals surface area contributed by atoms with Gasteiger partial charge >= 0.3 is 6.09 Å². The first-order valence-electron chi connectivity index (χ1n) is 10.3. The minimum Gasteiger partial charge on any atom is -0.443 e. The number of ether oxygens (including phenoxy) is 1. The number of rotatable bonds is 4. The normalized spacial score (nSPS) is 11.5. The third-order valence-electron chi connectivity index (χ3n) is 4.87. The SMILES string of the molecule is CN(C(=O)OC(C)(C)C)c1ccc(-c2nc3ncn(Cc4ccccc4)c3c(=O)[nH]2)cc1. The molecule has 32 heavy (non-hydrogen) atoms. The van der Waals surface area contributed by atoms with Crippen molar-refractivity contribution in [1.82, 2.24) is 19.5 Å². The van der Waals surface area contributed by atoms with E-state index in [9.17, 15) is 9.59 Å². The van der Waals surface area contributed by atoms with Crippen LogP contribution in [0.1, 0.15) is 26.3 Å². The Kier molecular flexibility index (Phi) is 5.52. The fraction of sp³-hybridized carbons (Fsp3) is 0.250. The van der Waals surface area contributed by atoms with E-state index in [1.807, 2.05) is 51.1 Å². The highest BCUT2D eigenvalue weighted by atomic mass is 16.6. The molecule has 2 aromatic carbocycles. The number of fused-ring (bicyclic) bond motifs is 1. The summed E-state index contributed by atoms with van der Waals surface area (Å²) in [7, 11) is 1.65. The fourth-order valence-electron chi connectivity index (χ4n) is 3.30. The first-order valence-corrected chi connectivity index (χ1v) is 10.3. The minimum atomic E-state index is -0.575. The van der Waals surface area contributed by atoms with Gasteiger partial charge in [0, 0.05) is 24.8 Å². The molecule has 0 saturated carbocycles. The standard InChI is InChI=1S/C24H25N5O3/c1-24(2,3)32-23(31)28(4)18-12-10-17(11-13-18)20-26-21-19(22(30)27-20)29(15-25-21)14-16-8-6-5-7-9-16/h5-13,15H,14H2,1-4H3,(H,26,27,30). The summed E-state index contributed by atoms with van der Waals surface area (Å²) in [4.78, 5) is 38.2. The van der Waals surface area contributed by atoms with Crippen LogP contribution >= 0.6 is 0 Å². The monoisotopic (exact) mass is 431 g/mol. The largest absolute Gasteiger partial charge is 0.443 e. The van der Waals surface area contributed by atoms with E-state index in [2.05, 4.69) is 15.0 Å². The second-order valence-electron chi connectivity index (χ2n) is 8.53. The van der Waals surface area contributed by atoms with Crippen LogP contribution in [0.15, 0.2) is 65.7 Å². The molecule has 0 aliphatic heterocycles. The van der Waals surface area contributed by atoms with Gasteiger partial charge in [0.1, 0.15) is 11.4 Å². The molecule has 164 valence electrons. The molecule has 0 spiro atoms. The van der Waals surface area contributed by atoms with Crippen molar-refractivity contribution in [2.45, 2.75) is 32.9 Å². The molecule has 0 atom stereocenters. The third kappa shape index (κ3) is 4.54. The van der Waals surface area contributed by atoms with Crippen molar-refractivity contribution >= 4 is 22.9 Å². The molecule has 2 aromatic heterocycles. The van der Waals surface area contributed by atoms with Crippen molar-refractivity contribution in [2.24, 2.45) is 0 Å². The number of aromatic nitrogens is 4. The van der Waals surface area contributed by atoms with E-state index in [4.69, 9.17) is 4.74 Å². The molecule has 1 amide bonds. The number of nitrogens with zero attached hydrogens (tertiary/aromatic N) is 4. The number of aromatic amines is 1. The average molecular weight is 431 g/mol. The lowest BCUT2D eigenvalue weighted by Gasteiger charge is -2.24. The number of hydrogen-bond donors (Lipinski definition) is 1. The molecular weight excluding hydrogens is 406 g/mol. The lowest BCUT2D eigenvalue weighted by atomic mass is 10.2. The van der Waals surface area contributed by atoms with Gasteiger partial charge in [-0.05, 0) is 50.6 Å². The maximum absolute atomic E-state index is 12.8. The van der Waals surface area contributed by atoms with E-state index in [1.54, 1.807) is 42.2 Å². The number of carbonyl (C=O) groups is 1. The predicted molar refractivity (Wildman–Crippen MR) is 124 cm³/mol. The third-order valence-corrected chi connectivity index (χ3v) is 4.87. The van der Waals surface area contributed by atoms with E-state index < -0.39 is 11.7 Å². The van der Waals surface area contributed by atoms with Gasteiger partial charge in [-0.25, -0.2) is 14.8 Å². The van der Waals surface area contributed by atoms with Gasteiger partial charge in [0.2, 0.25) is 0 Å². The van der Waals surface area contributed by atoms with Crippen LogP contribution in [0.5, 0.6) is 0 Å². The van der Waals surface area contributed by atoms with Crippen molar-refractivity contribution < 1.29 is 9.53 Å². The summed E-state index contributed by atoms with van der Waals surface area (Å²) < 4.78 is 7.18. The molecular formula is C24H25N5O3. The molecule has 0 bridgehead atoms. The zero-order chi connectivity index (χ0) is 22.9. The minimum absolute atomic E-state index is 0.256. The van der Waals surface area contributed by atoms with Crippen LogP contribution in [0.2, 0.25) is 0 Å². The molecule has 8 nitrogen and oxygen atoms in total. The second kappa shape index (κ2) is 8.30. The second-order valence-corrected chi connectivity index (χ2v) is 8.53. The zero-order valence-electron chi connectivity index (χ0n) is 18.5. The van der Waals surface area contributed by atoms with Crippen LogP contribution in [0.25, 0.3) is 22.6 Å². The number of amides is 1. The first-order chi connectivity index (χ1) is 15.2. The van der Waals surface area contributed by atoms with Crippen LogP contribution in [0.4, 0.5) is 10.5 Å². The van der Waals surface area contributed by atoms with E-state index >= 15 is 0 Å². The molecule has 8 heteroatoms. The van der Waals surface area contributed by atoms with Gasteiger partial charge in [0.05, 0.1) is 6.33 Å². The van der Waals surface area contributed by atoms with E-state index in [-0.39, 0.29) is 5.56 Å². The van der Waals surface area contributed by atoms with Crippen LogP contribution in [-0.4, -0.2) is 38.3 Å². The highest BCUT2D eigenvalue weighted by Crippen LogP contribution is 2.22. The van der Waals surface area contributed by atoms with Crippen molar-refractivity contribution in [2.75, 3.05) is 11.9 Å². The maximum Gasteiger partial charge on any atom is 0.414 e. The molecule has 0 fully saturated rings. The lowest BCUT2D eigenvalue weighted by Crippen LogP contribution is -2.34. The van der Waals surface area contributed by atoms with Crippen molar-refractivity contribution in [3.63, 3.8) is 0 Å². The van der Waals surface area contributed by atoms with Gasteiger partial charge in [-0.1, -0.05) is 30.3 Å². The highest BCUT2D eigenvalue weighted by molar-refractivity contribution is 5.87. The van der Waals surface area contributed by atoms with E-state index in [1.165, 1.54) is 4.90 Å². The number of imidazole rings is 1. The molecule has 0 aliphatic carbocycles. The average Bonchev–Trinajstić information content (AvgIpc) is 3.16. The summed E-state index contributed by atoms with van der Waals surface area (Å²) in [5.41, 5.74) is 2.43. The van der Waals surface area contributed by atoms with E-state index in [0.29, 0.717) is 34.8 Å². The molecule has 0 unspecified atom stereocenters. The number of nitrogens with one attached hydrogen (secondary N) is 1. The van der Waals surface area contributed by atoms with Gasteiger partial charge in [0.25, 0.3) is 5.56 Å². The summed E-state index contributed by atoms with van der Waals surface area (Å²) >= 11 is 0. The number of benzene rings is 2. The molecule has 2 heterocycles. The van der Waals surface area contributed by atoms with Crippen LogP contribution in [0.3, 0.4) is 0 Å². The van der Waals surface area contributed by atoms with Gasteiger partial charge in [-0.3, -0.25) is 9.69 Å². The zero-order valence-corrected chi connectivity index (χ0v) is 18.5. The number of anilines is 1. The topological polar surface area (TPSA) is 93.1 Å². The van der Waals surface area contributed by atoms with Gasteiger partial charge in [0.15, 0.2) is 11.2 Å². The van der Waals surface area contributed by atoms with Crippen LogP contribution in [-0.2, 0) is 11.3 Å². The summed E-state index contributed by atoms with van der Waals surface area (Å²) in [6.07, 6.45) is 1.19. The summed E-state index contributed by atoms with van der Waals surface area (Å²) in [5.74, 6) is 0.416.